The van der Waals surface area contributed by atoms with Gasteiger partial charge in [0.1, 0.15) is 59.3 Å². The molecule has 0 amide bonds. The number of nitrogens with one attached hydrogen (secondary N) is 1. The molecule has 12 nitrogen and oxygen atoms in total. The van der Waals surface area contributed by atoms with Gasteiger partial charge in [-0.05, 0) is 12.1 Å². The Morgan fingerprint density at radius 3 is 2.06 bits per heavy atom. The van der Waals surface area contributed by atoms with Gasteiger partial charge in [-0.1, -0.05) is 23.9 Å². The molecule has 0 aliphatic carbocycles. The number of fused-ring (bicyclic) bond motifs is 1. The average molecular weight is 489 g/mol. The van der Waals surface area contributed by atoms with Gasteiger partial charge in [-0.3, -0.25) is 0 Å². The number of hydrogen-bond acceptors (Lipinski definition) is 12. The molecule has 3 heterocycles. The molecule has 0 bridgehead atoms. The maximum absolute atomic E-state index is 10.4. The number of aliphatic hydroxyl groups is 8. The SMILES string of the molecule is OCC1OC(Oc2c(SC3OC(CO)C(O)C(O)C3O)[nH]c3ccccc23)C(O)C(O)C1O. The standard InChI is InChI=1S/C20H27NO11S/c22-5-9-11(24)13(26)15(28)19(30-9)32-17-7-3-1-2-4-8(7)21-18(17)33-20-16(29)14(27)12(25)10(6-23)31-20/h1-4,9-16,19-29H,5-6H2. The van der Waals surface area contributed by atoms with Crippen molar-refractivity contribution in [2.75, 3.05) is 13.2 Å². The van der Waals surface area contributed by atoms with Gasteiger partial charge in [0.25, 0.3) is 0 Å². The molecule has 184 valence electrons. The van der Waals surface area contributed by atoms with E-state index in [-0.39, 0.29) is 5.75 Å². The summed E-state index contributed by atoms with van der Waals surface area (Å²) < 4.78 is 16.9. The van der Waals surface area contributed by atoms with Gasteiger partial charge in [0.15, 0.2) is 5.75 Å². The molecule has 2 aliphatic heterocycles. The van der Waals surface area contributed by atoms with E-state index in [0.717, 1.165) is 11.8 Å². The molecule has 2 aliphatic rings. The number of aromatic amines is 1. The molecule has 10 unspecified atom stereocenters. The highest BCUT2D eigenvalue weighted by atomic mass is 32.2. The summed E-state index contributed by atoms with van der Waals surface area (Å²) in [6, 6.07) is 6.95. The highest BCUT2D eigenvalue weighted by Crippen LogP contribution is 2.42. The van der Waals surface area contributed by atoms with Crippen LogP contribution in [0.2, 0.25) is 0 Å². The molecule has 0 radical (unpaired) electrons. The molecule has 2 fully saturated rings. The van der Waals surface area contributed by atoms with Crippen molar-refractivity contribution >= 4 is 22.7 Å². The van der Waals surface area contributed by atoms with Crippen LogP contribution in [0.25, 0.3) is 10.9 Å². The van der Waals surface area contributed by atoms with E-state index >= 15 is 0 Å². The van der Waals surface area contributed by atoms with Crippen molar-refractivity contribution in [1.82, 2.24) is 4.98 Å². The number of rotatable bonds is 6. The molecule has 9 N–H and O–H groups in total. The molecule has 10 atom stereocenters. The van der Waals surface area contributed by atoms with Crippen molar-refractivity contribution in [3.05, 3.63) is 24.3 Å². The van der Waals surface area contributed by atoms with Crippen molar-refractivity contribution in [3.8, 4) is 5.75 Å². The lowest BCUT2D eigenvalue weighted by Gasteiger charge is -2.40. The number of aliphatic hydroxyl groups excluding tert-OH is 8. The van der Waals surface area contributed by atoms with Crippen LogP contribution in [0.1, 0.15) is 0 Å². The molecule has 1 aromatic heterocycles. The molecule has 0 spiro atoms. The third kappa shape index (κ3) is 4.59. The van der Waals surface area contributed by atoms with E-state index in [1.807, 2.05) is 0 Å². The van der Waals surface area contributed by atoms with E-state index in [9.17, 15) is 40.9 Å². The van der Waals surface area contributed by atoms with Gasteiger partial charge < -0.3 is 60.0 Å². The fourth-order valence-electron chi connectivity index (χ4n) is 3.85. The minimum absolute atomic E-state index is 0.164. The summed E-state index contributed by atoms with van der Waals surface area (Å²) in [6.45, 7) is -1.20. The summed E-state index contributed by atoms with van der Waals surface area (Å²) in [5.74, 6) is 0.164. The molecule has 2 saturated heterocycles. The molecule has 4 rings (SSSR count). The highest BCUT2D eigenvalue weighted by molar-refractivity contribution is 7.99. The minimum atomic E-state index is -1.64. The van der Waals surface area contributed by atoms with Gasteiger partial charge in [0.05, 0.1) is 18.7 Å². The lowest BCUT2D eigenvalue weighted by Crippen LogP contribution is -2.60. The van der Waals surface area contributed by atoms with E-state index in [2.05, 4.69) is 4.98 Å². The van der Waals surface area contributed by atoms with E-state index in [4.69, 9.17) is 14.2 Å². The van der Waals surface area contributed by atoms with E-state index in [1.165, 1.54) is 0 Å². The normalized spacial score (nSPS) is 39.6. The van der Waals surface area contributed by atoms with Gasteiger partial charge >= 0.3 is 0 Å². The van der Waals surface area contributed by atoms with Gasteiger partial charge in [0, 0.05) is 5.39 Å². The molecular weight excluding hydrogens is 462 g/mol. The smallest absolute Gasteiger partial charge is 0.229 e. The first-order chi connectivity index (χ1) is 15.8. The average Bonchev–Trinajstić information content (AvgIpc) is 3.16. The fourth-order valence-corrected chi connectivity index (χ4v) is 5.02. The van der Waals surface area contributed by atoms with Crippen LogP contribution in [0, 0.1) is 0 Å². The Kier molecular flexibility index (Phi) is 7.47. The van der Waals surface area contributed by atoms with Crippen LogP contribution < -0.4 is 4.74 Å². The summed E-state index contributed by atoms with van der Waals surface area (Å²) in [4.78, 5) is 3.08. The summed E-state index contributed by atoms with van der Waals surface area (Å²) in [5, 5.41) is 80.6. The number of thioether (sulfide) groups is 1. The van der Waals surface area contributed by atoms with Crippen LogP contribution in [0.5, 0.6) is 5.75 Å². The van der Waals surface area contributed by atoms with E-state index in [1.54, 1.807) is 24.3 Å². The Bertz CT molecular complexity index is 940. The third-order valence-corrected chi connectivity index (χ3v) is 6.94. The first-order valence-electron chi connectivity index (χ1n) is 10.3. The van der Waals surface area contributed by atoms with Gasteiger partial charge in [-0.2, -0.15) is 0 Å². The molecule has 33 heavy (non-hydrogen) atoms. The van der Waals surface area contributed by atoms with Gasteiger partial charge in [-0.15, -0.1) is 0 Å². The van der Waals surface area contributed by atoms with Crippen molar-refractivity contribution in [2.45, 2.75) is 65.6 Å². The minimum Gasteiger partial charge on any atom is -0.459 e. The van der Waals surface area contributed by atoms with Crippen LogP contribution in [-0.2, 0) is 9.47 Å². The summed E-state index contributed by atoms with van der Waals surface area (Å²) in [6.07, 6.45) is -13.1. The Balaban J connectivity index is 1.64. The lowest BCUT2D eigenvalue weighted by atomic mass is 9.99. The zero-order chi connectivity index (χ0) is 23.9. The quantitative estimate of drug-likeness (QED) is 0.202. The predicted octanol–water partition coefficient (Wildman–Crippen LogP) is -2.76. The first-order valence-corrected chi connectivity index (χ1v) is 11.2. The van der Waals surface area contributed by atoms with Crippen molar-refractivity contribution in [1.29, 1.82) is 0 Å². The molecule has 1 aromatic carbocycles. The number of hydrogen-bond donors (Lipinski definition) is 9. The molecule has 2 aromatic rings. The molecule has 0 saturated carbocycles. The second-order valence-electron chi connectivity index (χ2n) is 7.96. The van der Waals surface area contributed by atoms with Gasteiger partial charge in [0.2, 0.25) is 6.29 Å². The van der Waals surface area contributed by atoms with Crippen LogP contribution in [0.15, 0.2) is 29.3 Å². The Hall–Kier alpha value is -1.49. The number of para-hydroxylation sites is 1. The molecular formula is C20H27NO11S. The maximum atomic E-state index is 10.4. The van der Waals surface area contributed by atoms with Crippen LogP contribution in [-0.4, -0.2) is 120 Å². The highest BCUT2D eigenvalue weighted by Gasteiger charge is 2.46. The Morgan fingerprint density at radius 1 is 0.788 bits per heavy atom. The number of ether oxygens (including phenoxy) is 3. The summed E-state index contributed by atoms with van der Waals surface area (Å²) in [5.41, 5.74) is -0.491. The van der Waals surface area contributed by atoms with E-state index < -0.39 is 73.8 Å². The lowest BCUT2D eigenvalue weighted by molar-refractivity contribution is -0.277. The third-order valence-electron chi connectivity index (χ3n) is 5.79. The number of benzene rings is 1. The monoisotopic (exact) mass is 489 g/mol. The Morgan fingerprint density at radius 2 is 1.39 bits per heavy atom. The van der Waals surface area contributed by atoms with Crippen molar-refractivity contribution < 1.29 is 55.1 Å². The number of H-pyrrole nitrogens is 1. The van der Waals surface area contributed by atoms with Crippen LogP contribution >= 0.6 is 11.8 Å². The van der Waals surface area contributed by atoms with Crippen LogP contribution in [0.3, 0.4) is 0 Å². The predicted molar refractivity (Wildman–Crippen MR) is 112 cm³/mol. The Labute approximate surface area is 192 Å². The zero-order valence-corrected chi connectivity index (χ0v) is 18.0. The van der Waals surface area contributed by atoms with E-state index in [0.29, 0.717) is 15.9 Å². The number of aromatic nitrogens is 1. The fraction of sp³-hybridized carbons (Fsp3) is 0.600. The first kappa shape index (κ1) is 24.6. The van der Waals surface area contributed by atoms with Crippen LogP contribution in [0.4, 0.5) is 0 Å². The molecule has 13 heteroatoms. The maximum Gasteiger partial charge on any atom is 0.229 e. The summed E-state index contributed by atoms with van der Waals surface area (Å²) in [7, 11) is 0. The van der Waals surface area contributed by atoms with Gasteiger partial charge in [-0.25, -0.2) is 0 Å². The van der Waals surface area contributed by atoms with Crippen molar-refractivity contribution in [2.24, 2.45) is 0 Å². The topological polar surface area (TPSA) is 205 Å². The zero-order valence-electron chi connectivity index (χ0n) is 17.2. The largest absolute Gasteiger partial charge is 0.459 e. The second kappa shape index (κ2) is 10.0. The second-order valence-corrected chi connectivity index (χ2v) is 9.07. The van der Waals surface area contributed by atoms with Crippen molar-refractivity contribution in [3.63, 3.8) is 0 Å². The summed E-state index contributed by atoms with van der Waals surface area (Å²) >= 11 is 0.914.